The van der Waals surface area contributed by atoms with E-state index in [1.54, 1.807) is 0 Å². The zero-order chi connectivity index (χ0) is 14.3. The quantitative estimate of drug-likeness (QED) is 0.586. The Kier molecular flexibility index (Phi) is 7.16. The molecule has 0 saturated carbocycles. The van der Waals surface area contributed by atoms with Gasteiger partial charge in [-0.2, -0.15) is 0 Å². The summed E-state index contributed by atoms with van der Waals surface area (Å²) in [5.74, 6) is 2.89. The molecule has 19 heavy (non-hydrogen) atoms. The Morgan fingerprint density at radius 3 is 2.37 bits per heavy atom. The molecule has 1 aromatic rings. The van der Waals surface area contributed by atoms with Gasteiger partial charge in [0.15, 0.2) is 0 Å². The Labute approximate surface area is 121 Å². The van der Waals surface area contributed by atoms with Gasteiger partial charge in [0.2, 0.25) is 0 Å². The van der Waals surface area contributed by atoms with Gasteiger partial charge in [-0.05, 0) is 33.9 Å². The molecule has 0 radical (unpaired) electrons. The van der Waals surface area contributed by atoms with Crippen LogP contribution in [-0.2, 0) is 0 Å². The lowest BCUT2D eigenvalue weighted by atomic mass is 10.3. The summed E-state index contributed by atoms with van der Waals surface area (Å²) in [4.78, 5) is 11.4. The molecule has 4 nitrogen and oxygen atoms in total. The Morgan fingerprint density at radius 1 is 1.11 bits per heavy atom. The van der Waals surface area contributed by atoms with Crippen LogP contribution < -0.4 is 5.32 Å². The average molecular weight is 282 g/mol. The van der Waals surface area contributed by atoms with Crippen LogP contribution in [0, 0.1) is 13.8 Å². The summed E-state index contributed by atoms with van der Waals surface area (Å²) >= 11 is 1.83. The standard InChI is InChI=1S/C14H26N4S/c1-6-15-13-11(4)14(17-12(5)16-13)19-10-9-18(7-2)8-3/h6-10H2,1-5H3,(H,15,16,17). The molecule has 0 aliphatic heterocycles. The fourth-order valence-electron chi connectivity index (χ4n) is 1.89. The number of nitrogens with zero attached hydrogens (tertiary/aromatic N) is 3. The van der Waals surface area contributed by atoms with Gasteiger partial charge in [-0.3, -0.25) is 0 Å². The fraction of sp³-hybridized carbons (Fsp3) is 0.714. The van der Waals surface area contributed by atoms with Gasteiger partial charge < -0.3 is 10.2 Å². The summed E-state index contributed by atoms with van der Waals surface area (Å²) in [6, 6.07) is 0. The number of nitrogens with one attached hydrogen (secondary N) is 1. The fourth-order valence-corrected chi connectivity index (χ4v) is 2.95. The van der Waals surface area contributed by atoms with Crippen LogP contribution in [0.4, 0.5) is 5.82 Å². The monoisotopic (exact) mass is 282 g/mol. The van der Waals surface area contributed by atoms with Crippen LogP contribution in [0.15, 0.2) is 5.03 Å². The van der Waals surface area contributed by atoms with Gasteiger partial charge in [0.25, 0.3) is 0 Å². The predicted molar refractivity (Wildman–Crippen MR) is 84.2 cm³/mol. The highest BCUT2D eigenvalue weighted by molar-refractivity contribution is 7.99. The van der Waals surface area contributed by atoms with Gasteiger partial charge in [0, 0.05) is 24.4 Å². The van der Waals surface area contributed by atoms with Crippen LogP contribution in [-0.4, -0.2) is 46.8 Å². The summed E-state index contributed by atoms with van der Waals surface area (Å²) in [6.45, 7) is 14.8. The van der Waals surface area contributed by atoms with Crippen molar-refractivity contribution >= 4 is 17.6 Å². The summed E-state index contributed by atoms with van der Waals surface area (Å²) in [5.41, 5.74) is 1.16. The Bertz CT molecular complexity index is 391. The van der Waals surface area contributed by atoms with Gasteiger partial charge in [0.1, 0.15) is 16.7 Å². The van der Waals surface area contributed by atoms with Crippen molar-refractivity contribution in [2.75, 3.05) is 37.2 Å². The number of hydrogen-bond donors (Lipinski definition) is 1. The third-order valence-electron chi connectivity index (χ3n) is 3.10. The molecule has 1 N–H and O–H groups in total. The second-order valence-corrected chi connectivity index (χ2v) is 5.54. The SMILES string of the molecule is CCNc1nc(C)nc(SCCN(CC)CC)c1C. The number of rotatable bonds is 8. The maximum atomic E-state index is 4.56. The molecule has 0 saturated heterocycles. The van der Waals surface area contributed by atoms with Crippen LogP contribution in [0.1, 0.15) is 32.2 Å². The van der Waals surface area contributed by atoms with Crippen molar-refractivity contribution in [2.24, 2.45) is 0 Å². The number of aryl methyl sites for hydroxylation is 1. The van der Waals surface area contributed by atoms with Gasteiger partial charge >= 0.3 is 0 Å². The molecule has 5 heteroatoms. The molecule has 0 unspecified atom stereocenters. The average Bonchev–Trinajstić information content (AvgIpc) is 2.40. The summed E-state index contributed by atoms with van der Waals surface area (Å²) in [6.07, 6.45) is 0. The highest BCUT2D eigenvalue weighted by Gasteiger charge is 2.09. The third-order valence-corrected chi connectivity index (χ3v) is 4.16. The largest absolute Gasteiger partial charge is 0.370 e. The van der Waals surface area contributed by atoms with Crippen LogP contribution in [0.5, 0.6) is 0 Å². The minimum Gasteiger partial charge on any atom is -0.370 e. The zero-order valence-electron chi connectivity index (χ0n) is 12.8. The minimum absolute atomic E-state index is 0.840. The zero-order valence-corrected chi connectivity index (χ0v) is 13.6. The Hall–Kier alpha value is -0.810. The predicted octanol–water partition coefficient (Wildman–Crippen LogP) is 2.96. The second-order valence-electron chi connectivity index (χ2n) is 4.46. The molecule has 0 fully saturated rings. The number of thioether (sulfide) groups is 1. The molecule has 0 amide bonds. The lowest BCUT2D eigenvalue weighted by Crippen LogP contribution is -2.25. The van der Waals surface area contributed by atoms with Crippen molar-refractivity contribution in [3.63, 3.8) is 0 Å². The normalized spacial score (nSPS) is 11.1. The van der Waals surface area contributed by atoms with E-state index >= 15 is 0 Å². The van der Waals surface area contributed by atoms with E-state index in [0.29, 0.717) is 0 Å². The van der Waals surface area contributed by atoms with E-state index < -0.39 is 0 Å². The molecule has 0 aliphatic carbocycles. The van der Waals surface area contributed by atoms with Crippen molar-refractivity contribution in [3.05, 3.63) is 11.4 Å². The molecule has 1 aromatic heterocycles. The van der Waals surface area contributed by atoms with Crippen molar-refractivity contribution in [2.45, 2.75) is 39.6 Å². The lowest BCUT2D eigenvalue weighted by Gasteiger charge is -2.18. The molecule has 1 heterocycles. The minimum atomic E-state index is 0.840. The molecule has 1 rings (SSSR count). The molecule has 0 spiro atoms. The molecule has 108 valence electrons. The first-order valence-electron chi connectivity index (χ1n) is 7.06. The lowest BCUT2D eigenvalue weighted by molar-refractivity contribution is 0.324. The van der Waals surface area contributed by atoms with Crippen molar-refractivity contribution in [1.29, 1.82) is 0 Å². The highest BCUT2D eigenvalue weighted by atomic mass is 32.2. The first-order valence-corrected chi connectivity index (χ1v) is 8.05. The molecule has 0 aliphatic rings. The van der Waals surface area contributed by atoms with Crippen LogP contribution in [0.25, 0.3) is 0 Å². The molecular formula is C14H26N4S. The van der Waals surface area contributed by atoms with Crippen molar-refractivity contribution in [3.8, 4) is 0 Å². The molecule has 0 bridgehead atoms. The van der Waals surface area contributed by atoms with E-state index in [-0.39, 0.29) is 0 Å². The van der Waals surface area contributed by atoms with Crippen LogP contribution in [0.3, 0.4) is 0 Å². The number of hydrogen-bond acceptors (Lipinski definition) is 5. The Balaban J connectivity index is 2.67. The van der Waals surface area contributed by atoms with Gasteiger partial charge in [-0.25, -0.2) is 9.97 Å². The summed E-state index contributed by atoms with van der Waals surface area (Å²) in [5, 5.41) is 4.41. The highest BCUT2D eigenvalue weighted by Crippen LogP contribution is 2.24. The van der Waals surface area contributed by atoms with E-state index in [0.717, 1.165) is 54.2 Å². The molecule has 0 aromatic carbocycles. The third kappa shape index (κ3) is 4.99. The van der Waals surface area contributed by atoms with Gasteiger partial charge in [-0.1, -0.05) is 13.8 Å². The van der Waals surface area contributed by atoms with Crippen LogP contribution in [0.2, 0.25) is 0 Å². The summed E-state index contributed by atoms with van der Waals surface area (Å²) in [7, 11) is 0. The van der Waals surface area contributed by atoms with Gasteiger partial charge in [-0.15, -0.1) is 11.8 Å². The van der Waals surface area contributed by atoms with E-state index in [4.69, 9.17) is 0 Å². The summed E-state index contributed by atoms with van der Waals surface area (Å²) < 4.78 is 0. The van der Waals surface area contributed by atoms with E-state index in [2.05, 4.69) is 47.9 Å². The molecular weight excluding hydrogens is 256 g/mol. The topological polar surface area (TPSA) is 41.1 Å². The first-order chi connectivity index (χ1) is 9.12. The molecule has 0 atom stereocenters. The van der Waals surface area contributed by atoms with E-state index in [1.807, 2.05) is 18.7 Å². The number of anilines is 1. The maximum absolute atomic E-state index is 4.56. The smallest absolute Gasteiger partial charge is 0.133 e. The van der Waals surface area contributed by atoms with Crippen LogP contribution >= 0.6 is 11.8 Å². The Morgan fingerprint density at radius 2 is 1.79 bits per heavy atom. The first kappa shape index (κ1) is 16.2. The second kappa shape index (κ2) is 8.38. The number of aromatic nitrogens is 2. The van der Waals surface area contributed by atoms with E-state index in [1.165, 1.54) is 0 Å². The van der Waals surface area contributed by atoms with E-state index in [9.17, 15) is 0 Å². The maximum Gasteiger partial charge on any atom is 0.133 e. The van der Waals surface area contributed by atoms with Crippen molar-refractivity contribution < 1.29 is 0 Å². The van der Waals surface area contributed by atoms with Crippen molar-refractivity contribution in [1.82, 2.24) is 14.9 Å². The van der Waals surface area contributed by atoms with Gasteiger partial charge in [0.05, 0.1) is 0 Å².